The first kappa shape index (κ1) is 20.0. The second-order valence-electron chi connectivity index (χ2n) is 5.78. The van der Waals surface area contributed by atoms with Crippen molar-refractivity contribution in [3.63, 3.8) is 0 Å². The normalized spacial score (nSPS) is 10.6. The molecule has 0 aliphatic heterocycles. The van der Waals surface area contributed by atoms with E-state index in [2.05, 4.69) is 4.98 Å². The summed E-state index contributed by atoms with van der Waals surface area (Å²) in [7, 11) is 1.37. The van der Waals surface area contributed by atoms with Crippen molar-refractivity contribution in [2.75, 3.05) is 13.7 Å². The molecule has 1 aromatic heterocycles. The number of hydrogen-bond acceptors (Lipinski definition) is 6. The average Bonchev–Trinajstić information content (AvgIpc) is 3.08. The summed E-state index contributed by atoms with van der Waals surface area (Å²) in [5.74, 6) is -1.61. The molecule has 0 fully saturated rings. The van der Waals surface area contributed by atoms with Gasteiger partial charge in [0.05, 0.1) is 18.4 Å². The molecule has 0 radical (unpaired) electrons. The summed E-state index contributed by atoms with van der Waals surface area (Å²) in [5.41, 5.74) is 1.33. The number of ketones is 1. The van der Waals surface area contributed by atoms with Crippen molar-refractivity contribution < 1.29 is 23.5 Å². The maximum Gasteiger partial charge on any atom is 0.350 e. The number of carbonyl (C=O) groups is 2. The van der Waals surface area contributed by atoms with Gasteiger partial charge >= 0.3 is 5.97 Å². The molecular weight excluding hydrogens is 405 g/mol. The molecule has 0 atom stereocenters. The zero-order valence-corrected chi connectivity index (χ0v) is 16.6. The summed E-state index contributed by atoms with van der Waals surface area (Å²) in [6, 6.07) is 10.6. The van der Waals surface area contributed by atoms with E-state index in [0.717, 1.165) is 23.0 Å². The van der Waals surface area contributed by atoms with Crippen LogP contribution in [0.3, 0.4) is 0 Å². The second kappa shape index (κ2) is 8.50. The topological polar surface area (TPSA) is 65.5 Å². The fraction of sp³-hybridized carbons (Fsp3) is 0.150. The number of ether oxygens (including phenoxy) is 2. The van der Waals surface area contributed by atoms with Crippen molar-refractivity contribution in [1.29, 1.82) is 0 Å². The number of aryl methyl sites for hydroxylation is 1. The highest BCUT2D eigenvalue weighted by molar-refractivity contribution is 7.17. The lowest BCUT2D eigenvalue weighted by Crippen LogP contribution is -2.15. The molecule has 0 amide bonds. The Balaban J connectivity index is 1.73. The van der Waals surface area contributed by atoms with Gasteiger partial charge in [-0.1, -0.05) is 23.7 Å². The number of methoxy groups -OCH3 is 1. The van der Waals surface area contributed by atoms with Gasteiger partial charge < -0.3 is 9.47 Å². The van der Waals surface area contributed by atoms with Crippen LogP contribution in [0.15, 0.2) is 42.5 Å². The van der Waals surface area contributed by atoms with Crippen LogP contribution in [-0.4, -0.2) is 30.5 Å². The second-order valence-corrected chi connectivity index (χ2v) is 7.22. The van der Waals surface area contributed by atoms with E-state index in [9.17, 15) is 14.0 Å². The number of esters is 1. The molecule has 1 heterocycles. The summed E-state index contributed by atoms with van der Waals surface area (Å²) < 4.78 is 23.6. The molecule has 8 heteroatoms. The van der Waals surface area contributed by atoms with Gasteiger partial charge in [0.25, 0.3) is 0 Å². The van der Waals surface area contributed by atoms with E-state index in [4.69, 9.17) is 21.1 Å². The minimum absolute atomic E-state index is 0.0122. The first-order valence-corrected chi connectivity index (χ1v) is 9.35. The molecule has 0 saturated heterocycles. The van der Waals surface area contributed by atoms with Gasteiger partial charge in [0.1, 0.15) is 21.5 Å². The Morgan fingerprint density at radius 3 is 2.57 bits per heavy atom. The maximum absolute atomic E-state index is 13.4. The zero-order valence-electron chi connectivity index (χ0n) is 15.0. The van der Waals surface area contributed by atoms with Gasteiger partial charge in [-0.05, 0) is 37.3 Å². The molecule has 28 heavy (non-hydrogen) atoms. The van der Waals surface area contributed by atoms with Crippen molar-refractivity contribution in [3.8, 4) is 16.3 Å². The first-order valence-electron chi connectivity index (χ1n) is 8.16. The minimum Gasteiger partial charge on any atom is -0.496 e. The largest absolute Gasteiger partial charge is 0.496 e. The SMILES string of the molecule is COc1ccc(F)cc1C(=O)COC(=O)c1sc(-c2ccc(Cl)cc2)nc1C. The van der Waals surface area contributed by atoms with Gasteiger partial charge in [-0.25, -0.2) is 14.2 Å². The van der Waals surface area contributed by atoms with Crippen LogP contribution in [0.2, 0.25) is 5.02 Å². The van der Waals surface area contributed by atoms with Gasteiger partial charge in [-0.3, -0.25) is 4.79 Å². The summed E-state index contributed by atoms with van der Waals surface area (Å²) in [6.07, 6.45) is 0. The molecule has 0 aliphatic rings. The van der Waals surface area contributed by atoms with Crippen molar-refractivity contribution in [1.82, 2.24) is 4.98 Å². The van der Waals surface area contributed by atoms with Crippen LogP contribution in [0, 0.1) is 12.7 Å². The quantitative estimate of drug-likeness (QED) is 0.417. The van der Waals surface area contributed by atoms with Gasteiger partial charge in [-0.2, -0.15) is 0 Å². The summed E-state index contributed by atoms with van der Waals surface area (Å²) >= 11 is 7.04. The summed E-state index contributed by atoms with van der Waals surface area (Å²) in [5, 5.41) is 1.24. The van der Waals surface area contributed by atoms with Gasteiger partial charge in [0.15, 0.2) is 6.61 Å². The zero-order chi connectivity index (χ0) is 20.3. The van der Waals surface area contributed by atoms with Gasteiger partial charge in [-0.15, -0.1) is 11.3 Å². The molecular formula is C20H15ClFNO4S. The van der Waals surface area contributed by atoms with Crippen LogP contribution in [0.4, 0.5) is 4.39 Å². The molecule has 5 nitrogen and oxygen atoms in total. The summed E-state index contributed by atoms with van der Waals surface area (Å²) in [6.45, 7) is 1.15. The lowest BCUT2D eigenvalue weighted by Gasteiger charge is -2.08. The maximum atomic E-state index is 13.4. The molecule has 0 saturated carbocycles. The number of halogens is 2. The smallest absolute Gasteiger partial charge is 0.350 e. The van der Waals surface area contributed by atoms with Crippen LogP contribution < -0.4 is 4.74 Å². The van der Waals surface area contributed by atoms with Crippen molar-refractivity contribution in [3.05, 3.63) is 69.4 Å². The average molecular weight is 420 g/mol. The van der Waals surface area contributed by atoms with Crippen molar-refractivity contribution >= 4 is 34.7 Å². The third kappa shape index (κ3) is 4.37. The monoisotopic (exact) mass is 419 g/mol. The Morgan fingerprint density at radius 1 is 1.18 bits per heavy atom. The number of aromatic nitrogens is 1. The van der Waals surface area contributed by atoms with Crippen LogP contribution in [-0.2, 0) is 4.74 Å². The van der Waals surface area contributed by atoms with Crippen LogP contribution >= 0.6 is 22.9 Å². The molecule has 0 bridgehead atoms. The van der Waals surface area contributed by atoms with E-state index in [1.54, 1.807) is 31.2 Å². The fourth-order valence-electron chi connectivity index (χ4n) is 2.47. The molecule has 3 aromatic rings. The Kier molecular flexibility index (Phi) is 6.06. The first-order chi connectivity index (χ1) is 13.4. The van der Waals surface area contributed by atoms with Crippen LogP contribution in [0.5, 0.6) is 5.75 Å². The van der Waals surface area contributed by atoms with E-state index < -0.39 is 24.2 Å². The molecule has 0 spiro atoms. The van der Waals surface area contributed by atoms with Crippen molar-refractivity contribution in [2.24, 2.45) is 0 Å². The van der Waals surface area contributed by atoms with E-state index in [0.29, 0.717) is 20.6 Å². The third-order valence-corrected chi connectivity index (χ3v) is 5.31. The third-order valence-electron chi connectivity index (χ3n) is 3.87. The highest BCUT2D eigenvalue weighted by Gasteiger charge is 2.20. The predicted molar refractivity (Wildman–Crippen MR) is 105 cm³/mol. The molecule has 0 N–H and O–H groups in total. The number of Topliss-reactive ketones (excluding diaryl/α,β-unsaturated/α-hetero) is 1. The molecule has 0 aliphatic carbocycles. The molecule has 144 valence electrons. The Morgan fingerprint density at radius 2 is 1.89 bits per heavy atom. The summed E-state index contributed by atoms with van der Waals surface area (Å²) in [4.78, 5) is 29.4. The van der Waals surface area contributed by atoms with Gasteiger partial charge in [0.2, 0.25) is 5.78 Å². The Hall–Kier alpha value is -2.77. The van der Waals surface area contributed by atoms with E-state index >= 15 is 0 Å². The molecule has 3 rings (SSSR count). The number of hydrogen-bond donors (Lipinski definition) is 0. The van der Waals surface area contributed by atoms with E-state index in [-0.39, 0.29) is 11.3 Å². The van der Waals surface area contributed by atoms with E-state index in [1.165, 1.54) is 19.2 Å². The van der Waals surface area contributed by atoms with Gasteiger partial charge in [0, 0.05) is 10.6 Å². The highest BCUT2D eigenvalue weighted by atomic mass is 35.5. The standard InChI is InChI=1S/C20H15ClFNO4S/c1-11-18(28-19(23-11)12-3-5-13(21)6-4-12)20(25)27-10-16(24)15-9-14(22)7-8-17(15)26-2/h3-9H,10H2,1-2H3. The Labute approximate surface area is 169 Å². The van der Waals surface area contributed by atoms with E-state index in [1.807, 2.05) is 0 Å². The highest BCUT2D eigenvalue weighted by Crippen LogP contribution is 2.29. The number of benzene rings is 2. The van der Waals surface area contributed by atoms with Crippen molar-refractivity contribution in [2.45, 2.75) is 6.92 Å². The van der Waals surface area contributed by atoms with Crippen LogP contribution in [0.25, 0.3) is 10.6 Å². The number of nitrogens with zero attached hydrogens (tertiary/aromatic N) is 1. The van der Waals surface area contributed by atoms with Crippen LogP contribution in [0.1, 0.15) is 25.7 Å². The number of rotatable bonds is 6. The Bertz CT molecular complexity index is 1030. The number of thiazole rings is 1. The lowest BCUT2D eigenvalue weighted by molar-refractivity contribution is 0.0477. The molecule has 0 unspecified atom stereocenters. The minimum atomic E-state index is -0.668. The lowest BCUT2D eigenvalue weighted by atomic mass is 10.1. The number of carbonyl (C=O) groups excluding carboxylic acids is 2. The fourth-order valence-corrected chi connectivity index (χ4v) is 3.57. The molecule has 2 aromatic carbocycles. The predicted octanol–water partition coefficient (Wildman–Crippen LogP) is 4.96.